The van der Waals surface area contributed by atoms with Gasteiger partial charge in [-0.25, -0.2) is 4.79 Å². The van der Waals surface area contributed by atoms with E-state index in [0.717, 1.165) is 0 Å². The number of thioether (sulfide) groups is 1. The molecule has 0 spiro atoms. The Balaban J connectivity index is 2.33. The van der Waals surface area contributed by atoms with E-state index in [4.69, 9.17) is 27.3 Å². The average molecular weight is 546 g/mol. The van der Waals surface area contributed by atoms with Gasteiger partial charge in [0.25, 0.3) is 10.1 Å². The minimum atomic E-state index is -4.05. The third kappa shape index (κ3) is 12.2. The quantitative estimate of drug-likeness (QED) is 0.111. The van der Waals surface area contributed by atoms with Crippen molar-refractivity contribution in [2.45, 2.75) is 52.7 Å². The van der Waals surface area contributed by atoms with Gasteiger partial charge >= 0.3 is 20.9 Å². The van der Waals surface area contributed by atoms with Crippen molar-refractivity contribution >= 4 is 42.7 Å². The summed E-state index contributed by atoms with van der Waals surface area (Å²) in [5, 5.41) is 0. The fourth-order valence-electron chi connectivity index (χ4n) is 3.33. The van der Waals surface area contributed by atoms with Gasteiger partial charge in [0.2, 0.25) is 0 Å². The summed E-state index contributed by atoms with van der Waals surface area (Å²) in [4.78, 5) is 25.9. The summed E-state index contributed by atoms with van der Waals surface area (Å²) in [5.41, 5.74) is 0. The minimum Gasteiger partial charge on any atom is -0.465 e. The average Bonchev–Trinajstić information content (AvgIpc) is 3.10. The number of carbonyl (C=O) groups excluding carboxylic acids is 2. The molecule has 2 unspecified atom stereocenters. The molecule has 0 saturated carbocycles. The Morgan fingerprint density at radius 3 is 2.38 bits per heavy atom. The molecule has 1 saturated heterocycles. The molecule has 0 aromatic heterocycles. The van der Waals surface area contributed by atoms with Gasteiger partial charge in [0.05, 0.1) is 24.8 Å². The Hall–Kier alpha value is -0.903. The van der Waals surface area contributed by atoms with Crippen molar-refractivity contribution < 1.29 is 45.3 Å². The Kier molecular flexibility index (Phi) is 14.6. The van der Waals surface area contributed by atoms with Gasteiger partial charge in [0.15, 0.2) is 0 Å². The van der Waals surface area contributed by atoms with E-state index in [0.29, 0.717) is 56.9 Å². The first-order valence-electron chi connectivity index (χ1n) is 11.6. The van der Waals surface area contributed by atoms with E-state index in [1.807, 2.05) is 20.8 Å². The second-order valence-electron chi connectivity index (χ2n) is 7.78. The Morgan fingerprint density at radius 2 is 1.82 bits per heavy atom. The van der Waals surface area contributed by atoms with E-state index >= 15 is 0 Å². The lowest BCUT2D eigenvalue weighted by atomic mass is 10.2. The number of cyclic esters (lactones) is 1. The Labute approximate surface area is 208 Å². The van der Waals surface area contributed by atoms with E-state index < -0.39 is 36.6 Å². The van der Waals surface area contributed by atoms with E-state index in [2.05, 4.69) is 0 Å². The SMILES string of the molecule is CCO[Si](CCCN1CC(CSCC(C)C(=O)OCCCS(=O)(=O)O)OC1=O)(OCC)OCC. The van der Waals surface area contributed by atoms with Crippen molar-refractivity contribution in [2.75, 3.05) is 56.8 Å². The molecular weight excluding hydrogens is 506 g/mol. The van der Waals surface area contributed by atoms with Gasteiger partial charge in [0, 0.05) is 43.9 Å². The number of amides is 1. The Morgan fingerprint density at radius 1 is 1.21 bits per heavy atom. The lowest BCUT2D eigenvalue weighted by molar-refractivity contribution is -0.147. The molecule has 14 heteroatoms. The molecule has 0 bridgehead atoms. The second-order valence-corrected chi connectivity index (χ2v) is 13.2. The van der Waals surface area contributed by atoms with Crippen molar-refractivity contribution in [3.63, 3.8) is 0 Å². The number of carbonyl (C=O) groups is 2. The summed E-state index contributed by atoms with van der Waals surface area (Å²) in [6.45, 7) is 9.90. The van der Waals surface area contributed by atoms with Gasteiger partial charge < -0.3 is 27.7 Å². The van der Waals surface area contributed by atoms with Crippen LogP contribution in [0.3, 0.4) is 0 Å². The highest BCUT2D eigenvalue weighted by Crippen LogP contribution is 2.22. The Bertz CT molecular complexity index is 707. The maximum absolute atomic E-state index is 12.2. The number of hydrogen-bond donors (Lipinski definition) is 1. The van der Waals surface area contributed by atoms with Crippen LogP contribution in [0, 0.1) is 5.92 Å². The van der Waals surface area contributed by atoms with Crippen molar-refractivity contribution in [1.29, 1.82) is 0 Å². The molecule has 0 aliphatic carbocycles. The van der Waals surface area contributed by atoms with Gasteiger partial charge in [-0.05, 0) is 33.6 Å². The summed E-state index contributed by atoms with van der Waals surface area (Å²) in [7, 11) is -6.80. The van der Waals surface area contributed by atoms with Crippen LogP contribution in [0.4, 0.5) is 4.79 Å². The van der Waals surface area contributed by atoms with Crippen molar-refractivity contribution in [3.8, 4) is 0 Å². The van der Waals surface area contributed by atoms with Gasteiger partial charge in [-0.15, -0.1) is 0 Å². The molecule has 0 aromatic rings. The minimum absolute atomic E-state index is 0.0433. The molecule has 1 N–H and O–H groups in total. The second kappa shape index (κ2) is 16.0. The molecule has 2 atom stereocenters. The van der Waals surface area contributed by atoms with Crippen LogP contribution >= 0.6 is 11.8 Å². The molecule has 1 aliphatic heterocycles. The number of ether oxygens (including phenoxy) is 2. The van der Waals surface area contributed by atoms with Gasteiger partial charge in [-0.1, -0.05) is 6.92 Å². The predicted octanol–water partition coefficient (Wildman–Crippen LogP) is 2.44. The summed E-state index contributed by atoms with van der Waals surface area (Å²) < 4.78 is 58.0. The van der Waals surface area contributed by atoms with Crippen molar-refractivity contribution in [1.82, 2.24) is 4.90 Å². The molecule has 1 heterocycles. The van der Waals surface area contributed by atoms with Gasteiger partial charge in [-0.3, -0.25) is 9.35 Å². The lowest BCUT2D eigenvalue weighted by Crippen LogP contribution is -2.46. The van der Waals surface area contributed by atoms with Crippen LogP contribution in [0.25, 0.3) is 0 Å². The van der Waals surface area contributed by atoms with Crippen LogP contribution in [-0.4, -0.2) is 102 Å². The topological polar surface area (TPSA) is 138 Å². The van der Waals surface area contributed by atoms with Crippen molar-refractivity contribution in [3.05, 3.63) is 0 Å². The maximum atomic E-state index is 12.2. The molecule has 1 fully saturated rings. The predicted molar refractivity (Wildman–Crippen MR) is 130 cm³/mol. The highest BCUT2D eigenvalue weighted by Gasteiger charge is 2.40. The zero-order chi connectivity index (χ0) is 25.6. The number of esters is 1. The van der Waals surface area contributed by atoms with Gasteiger partial charge in [0.1, 0.15) is 6.10 Å². The summed E-state index contributed by atoms with van der Waals surface area (Å²) in [6.07, 6.45) is 0.111. The zero-order valence-corrected chi connectivity index (χ0v) is 23.2. The molecule has 1 aliphatic rings. The van der Waals surface area contributed by atoms with Crippen molar-refractivity contribution in [2.24, 2.45) is 5.92 Å². The first kappa shape index (κ1) is 31.1. The van der Waals surface area contributed by atoms with Crippen LogP contribution in [0.1, 0.15) is 40.5 Å². The third-order valence-electron chi connectivity index (χ3n) is 4.82. The largest absolute Gasteiger partial charge is 0.500 e. The first-order valence-corrected chi connectivity index (χ1v) is 16.3. The standard InChI is InChI=1S/C20H39NO10S2Si/c1-5-28-34(29-6-2,30-7-3)13-8-10-21-14-18(31-20(21)23)16-32-15-17(4)19(22)27-11-9-12-33(24,25)26/h17-18H,5-16H2,1-4H3,(H,24,25,26). The molecule has 1 rings (SSSR count). The summed E-state index contributed by atoms with van der Waals surface area (Å²) >= 11 is 1.49. The molecule has 200 valence electrons. The van der Waals surface area contributed by atoms with Crippen LogP contribution in [-0.2, 0) is 37.7 Å². The molecule has 0 aromatic carbocycles. The first-order chi connectivity index (χ1) is 16.1. The van der Waals surface area contributed by atoms with E-state index in [1.165, 1.54) is 11.8 Å². The molecule has 1 amide bonds. The van der Waals surface area contributed by atoms with Crippen LogP contribution in [0.5, 0.6) is 0 Å². The van der Waals surface area contributed by atoms with Gasteiger partial charge in [-0.2, -0.15) is 20.2 Å². The van der Waals surface area contributed by atoms with E-state index in [1.54, 1.807) is 11.8 Å². The zero-order valence-electron chi connectivity index (χ0n) is 20.5. The van der Waals surface area contributed by atoms with Crippen LogP contribution in [0.15, 0.2) is 0 Å². The number of rotatable bonds is 19. The van der Waals surface area contributed by atoms with Crippen LogP contribution in [0.2, 0.25) is 6.04 Å². The fraction of sp³-hybridized carbons (Fsp3) is 0.900. The number of hydrogen-bond acceptors (Lipinski definition) is 10. The molecular formula is C20H39NO10S2Si. The normalized spacial score (nSPS) is 17.6. The van der Waals surface area contributed by atoms with Crippen LogP contribution < -0.4 is 0 Å². The fourth-order valence-corrected chi connectivity index (χ4v) is 7.47. The van der Waals surface area contributed by atoms with E-state index in [-0.39, 0.29) is 25.2 Å². The highest BCUT2D eigenvalue weighted by atomic mass is 32.2. The lowest BCUT2D eigenvalue weighted by Gasteiger charge is -2.28. The third-order valence-corrected chi connectivity index (χ3v) is 10.1. The maximum Gasteiger partial charge on any atom is 0.500 e. The smallest absolute Gasteiger partial charge is 0.465 e. The summed E-state index contributed by atoms with van der Waals surface area (Å²) in [5.74, 6) is -0.232. The summed E-state index contributed by atoms with van der Waals surface area (Å²) in [6, 6.07) is 0.621. The number of nitrogens with zero attached hydrogens (tertiary/aromatic N) is 1. The molecule has 11 nitrogen and oxygen atoms in total. The highest BCUT2D eigenvalue weighted by molar-refractivity contribution is 7.99. The monoisotopic (exact) mass is 545 g/mol. The molecule has 34 heavy (non-hydrogen) atoms. The van der Waals surface area contributed by atoms with E-state index in [9.17, 15) is 18.0 Å². The molecule has 0 radical (unpaired) electrons.